The highest BCUT2D eigenvalue weighted by Crippen LogP contribution is 2.25. The van der Waals surface area contributed by atoms with Crippen molar-refractivity contribution in [2.24, 2.45) is 0 Å². The molecule has 1 aliphatic heterocycles. The van der Waals surface area contributed by atoms with Crippen LogP contribution in [-0.4, -0.2) is 36.8 Å². The maximum atomic E-state index is 13.0. The van der Waals surface area contributed by atoms with E-state index in [0.29, 0.717) is 17.8 Å². The average molecular weight is 359 g/mol. The molecule has 0 aliphatic carbocycles. The van der Waals surface area contributed by atoms with E-state index in [1.165, 1.54) is 6.26 Å². The normalized spacial score (nSPS) is 19.3. The summed E-state index contributed by atoms with van der Waals surface area (Å²) in [6.45, 7) is 0.211. The molecule has 1 aliphatic rings. The third-order valence-corrected chi connectivity index (χ3v) is 6.20. The van der Waals surface area contributed by atoms with Gasteiger partial charge in [-0.2, -0.15) is 0 Å². The monoisotopic (exact) mass is 359 g/mol. The highest BCUT2D eigenvalue weighted by atomic mass is 32.2. The van der Waals surface area contributed by atoms with Gasteiger partial charge in [0, 0.05) is 11.4 Å². The second-order valence-corrected chi connectivity index (χ2v) is 8.45. The van der Waals surface area contributed by atoms with Crippen LogP contribution in [0.4, 0.5) is 0 Å². The summed E-state index contributed by atoms with van der Waals surface area (Å²) in [6, 6.07) is 12.2. The fraction of sp³-hybridized carbons (Fsp3) is 0.278. The highest BCUT2D eigenvalue weighted by Gasteiger charge is 2.36. The van der Waals surface area contributed by atoms with E-state index in [9.17, 15) is 13.2 Å². The van der Waals surface area contributed by atoms with Gasteiger partial charge in [0.1, 0.15) is 11.3 Å². The van der Waals surface area contributed by atoms with Gasteiger partial charge in [-0.15, -0.1) is 0 Å². The number of para-hydroxylation sites is 1. The Kier molecular flexibility index (Phi) is 3.88. The van der Waals surface area contributed by atoms with E-state index < -0.39 is 9.84 Å². The summed E-state index contributed by atoms with van der Waals surface area (Å²) >= 11 is 0. The van der Waals surface area contributed by atoms with Crippen LogP contribution in [0, 0.1) is 0 Å². The third-order valence-electron chi connectivity index (χ3n) is 4.45. The Hall–Kier alpha value is -2.54. The van der Waals surface area contributed by atoms with E-state index in [1.807, 2.05) is 18.2 Å². The number of nitrogens with zero attached hydrogens (tertiary/aromatic N) is 1. The predicted octanol–water partition coefficient (Wildman–Crippen LogP) is 2.86. The van der Waals surface area contributed by atoms with Gasteiger partial charge < -0.3 is 13.7 Å². The van der Waals surface area contributed by atoms with Gasteiger partial charge in [0.15, 0.2) is 15.6 Å². The Morgan fingerprint density at radius 1 is 1.20 bits per heavy atom. The zero-order valence-electron chi connectivity index (χ0n) is 13.4. The number of hydrogen-bond acceptors (Lipinski definition) is 5. The smallest absolute Gasteiger partial charge is 0.290 e. The second-order valence-electron chi connectivity index (χ2n) is 6.22. The molecule has 1 aromatic carbocycles. The first-order valence-electron chi connectivity index (χ1n) is 8.04. The van der Waals surface area contributed by atoms with Crippen molar-refractivity contribution in [3.8, 4) is 0 Å². The van der Waals surface area contributed by atoms with Crippen LogP contribution < -0.4 is 0 Å². The summed E-state index contributed by atoms with van der Waals surface area (Å²) in [7, 11) is -3.11. The summed E-state index contributed by atoms with van der Waals surface area (Å²) in [5.41, 5.74) is 0.628. The minimum absolute atomic E-state index is 0.0281. The molecule has 6 nitrogen and oxygen atoms in total. The lowest BCUT2D eigenvalue weighted by molar-refractivity contribution is 0.0636. The molecule has 0 radical (unpaired) electrons. The Morgan fingerprint density at radius 3 is 2.72 bits per heavy atom. The second kappa shape index (κ2) is 6.07. The molecule has 0 bridgehead atoms. The van der Waals surface area contributed by atoms with E-state index in [4.69, 9.17) is 8.83 Å². The number of rotatable bonds is 4. The van der Waals surface area contributed by atoms with Gasteiger partial charge in [-0.3, -0.25) is 4.79 Å². The highest BCUT2D eigenvalue weighted by molar-refractivity contribution is 7.91. The van der Waals surface area contributed by atoms with Crippen molar-refractivity contribution in [3.63, 3.8) is 0 Å². The molecule has 130 valence electrons. The number of hydrogen-bond donors (Lipinski definition) is 0. The summed E-state index contributed by atoms with van der Waals surface area (Å²) in [5.74, 6) is 0.555. The van der Waals surface area contributed by atoms with Crippen LogP contribution in [0.3, 0.4) is 0 Å². The molecule has 1 saturated heterocycles. The third kappa shape index (κ3) is 3.19. The molecule has 0 spiro atoms. The van der Waals surface area contributed by atoms with Gasteiger partial charge in [0.25, 0.3) is 5.91 Å². The molecule has 0 N–H and O–H groups in total. The number of carbonyl (C=O) groups excluding carboxylic acids is 1. The fourth-order valence-electron chi connectivity index (χ4n) is 3.19. The molecule has 4 rings (SSSR count). The lowest BCUT2D eigenvalue weighted by Crippen LogP contribution is -2.40. The van der Waals surface area contributed by atoms with Crippen molar-refractivity contribution >= 4 is 26.7 Å². The predicted molar refractivity (Wildman–Crippen MR) is 91.9 cm³/mol. The Balaban J connectivity index is 1.67. The number of benzene rings is 1. The average Bonchev–Trinajstić information content (AvgIpc) is 3.30. The van der Waals surface area contributed by atoms with Crippen LogP contribution in [-0.2, 0) is 16.4 Å². The number of amides is 1. The van der Waals surface area contributed by atoms with Crippen LogP contribution in [0.5, 0.6) is 0 Å². The largest absolute Gasteiger partial charge is 0.467 e. The molecular formula is C18H17NO5S. The molecule has 3 aromatic rings. The van der Waals surface area contributed by atoms with Crippen molar-refractivity contribution in [3.05, 3.63) is 60.2 Å². The molecule has 1 fully saturated rings. The molecule has 2 aromatic heterocycles. The first kappa shape index (κ1) is 16.0. The Labute approximate surface area is 144 Å². The maximum Gasteiger partial charge on any atom is 0.290 e. The maximum absolute atomic E-state index is 13.0. The fourth-order valence-corrected chi connectivity index (χ4v) is 4.92. The molecule has 0 saturated carbocycles. The van der Waals surface area contributed by atoms with E-state index in [-0.39, 0.29) is 35.8 Å². The van der Waals surface area contributed by atoms with Gasteiger partial charge in [-0.1, -0.05) is 18.2 Å². The minimum Gasteiger partial charge on any atom is -0.467 e. The number of sulfone groups is 1. The summed E-state index contributed by atoms with van der Waals surface area (Å²) in [6.07, 6.45) is 1.96. The Bertz CT molecular complexity index is 970. The minimum atomic E-state index is -3.11. The standard InChI is InChI=1S/C18H17NO5S/c20-18(17-10-13-4-1-2-6-16(13)24-17)19(11-15-5-3-8-23-15)14-7-9-25(21,22)12-14/h1-6,8,10,14H,7,9,11-12H2. The van der Waals surface area contributed by atoms with Crippen LogP contribution in [0.1, 0.15) is 22.7 Å². The number of fused-ring (bicyclic) bond motifs is 1. The van der Waals surface area contributed by atoms with Crippen molar-refractivity contribution in [1.82, 2.24) is 4.90 Å². The van der Waals surface area contributed by atoms with Gasteiger partial charge in [-0.25, -0.2) is 8.42 Å². The van der Waals surface area contributed by atoms with E-state index >= 15 is 0 Å². The number of carbonyl (C=O) groups is 1. The molecular weight excluding hydrogens is 342 g/mol. The van der Waals surface area contributed by atoms with Gasteiger partial charge in [0.2, 0.25) is 0 Å². The van der Waals surface area contributed by atoms with Gasteiger partial charge in [-0.05, 0) is 30.7 Å². The Morgan fingerprint density at radius 2 is 2.04 bits per heavy atom. The zero-order valence-corrected chi connectivity index (χ0v) is 14.2. The van der Waals surface area contributed by atoms with E-state index in [1.54, 1.807) is 29.2 Å². The molecule has 7 heteroatoms. The van der Waals surface area contributed by atoms with E-state index in [0.717, 1.165) is 5.39 Å². The van der Waals surface area contributed by atoms with Crippen molar-refractivity contribution in [1.29, 1.82) is 0 Å². The lowest BCUT2D eigenvalue weighted by atomic mass is 10.2. The lowest BCUT2D eigenvalue weighted by Gasteiger charge is -2.26. The van der Waals surface area contributed by atoms with Crippen molar-refractivity contribution in [2.45, 2.75) is 19.0 Å². The van der Waals surface area contributed by atoms with Crippen LogP contribution >= 0.6 is 0 Å². The van der Waals surface area contributed by atoms with E-state index in [2.05, 4.69) is 0 Å². The summed E-state index contributed by atoms with van der Waals surface area (Å²) in [5, 5.41) is 0.836. The van der Waals surface area contributed by atoms with Gasteiger partial charge >= 0.3 is 0 Å². The molecule has 1 amide bonds. The zero-order chi connectivity index (χ0) is 17.4. The first-order valence-corrected chi connectivity index (χ1v) is 9.86. The summed E-state index contributed by atoms with van der Waals surface area (Å²) < 4.78 is 34.7. The summed E-state index contributed by atoms with van der Waals surface area (Å²) in [4.78, 5) is 14.6. The van der Waals surface area contributed by atoms with Crippen LogP contribution in [0.25, 0.3) is 11.0 Å². The van der Waals surface area contributed by atoms with Crippen molar-refractivity contribution in [2.75, 3.05) is 11.5 Å². The molecule has 1 atom stereocenters. The molecule has 25 heavy (non-hydrogen) atoms. The van der Waals surface area contributed by atoms with Crippen LogP contribution in [0.2, 0.25) is 0 Å². The molecule has 3 heterocycles. The SMILES string of the molecule is O=C(c1cc2ccccc2o1)N(Cc1ccco1)C1CCS(=O)(=O)C1. The molecule has 1 unspecified atom stereocenters. The van der Waals surface area contributed by atoms with Crippen molar-refractivity contribution < 1.29 is 22.0 Å². The quantitative estimate of drug-likeness (QED) is 0.715. The first-order chi connectivity index (χ1) is 12.0. The topological polar surface area (TPSA) is 80.7 Å². The van der Waals surface area contributed by atoms with Gasteiger partial charge in [0.05, 0.1) is 24.3 Å². The van der Waals surface area contributed by atoms with Crippen LogP contribution in [0.15, 0.2) is 57.6 Å². The number of furan rings is 2.